The molecule has 22 heavy (non-hydrogen) atoms. The zero-order chi connectivity index (χ0) is 16.2. The third-order valence-electron chi connectivity index (χ3n) is 3.72. The maximum Gasteiger partial charge on any atom is 0.136 e. The number of nitrogens with zero attached hydrogens (tertiary/aromatic N) is 1. The third kappa shape index (κ3) is 4.42. The molecule has 2 N–H and O–H groups in total. The Balaban J connectivity index is 2.07. The Kier molecular flexibility index (Phi) is 5.37. The summed E-state index contributed by atoms with van der Waals surface area (Å²) in [6.45, 7) is 8.43. The lowest BCUT2D eigenvalue weighted by Gasteiger charge is -2.26. The summed E-state index contributed by atoms with van der Waals surface area (Å²) in [5.74, 6) is 1.93. The fraction of sp³-hybridized carbons (Fsp3) is 0.500. The third-order valence-corrected chi connectivity index (χ3v) is 3.72. The van der Waals surface area contributed by atoms with Gasteiger partial charge in [-0.2, -0.15) is 0 Å². The second kappa shape index (κ2) is 7.07. The highest BCUT2D eigenvalue weighted by Crippen LogP contribution is 2.25. The molecule has 0 aliphatic rings. The molecule has 0 radical (unpaired) electrons. The maximum absolute atomic E-state index is 10.7. The van der Waals surface area contributed by atoms with Gasteiger partial charge in [-0.25, -0.2) is 0 Å². The molecular formula is C18H26N2O2. The Morgan fingerprint density at radius 1 is 1.27 bits per heavy atom. The van der Waals surface area contributed by atoms with Crippen molar-refractivity contribution in [1.82, 2.24) is 10.3 Å². The zero-order valence-corrected chi connectivity index (χ0v) is 13.8. The molecule has 0 aliphatic heterocycles. The topological polar surface area (TPSA) is 58.3 Å². The Bertz CT molecular complexity index is 576. The smallest absolute Gasteiger partial charge is 0.136 e. The van der Waals surface area contributed by atoms with Gasteiger partial charge in [0.05, 0.1) is 5.69 Å². The lowest BCUT2D eigenvalue weighted by molar-refractivity contribution is 0.0299. The predicted octanol–water partition coefficient (Wildman–Crippen LogP) is 3.57. The predicted molar refractivity (Wildman–Crippen MR) is 87.5 cm³/mol. The van der Waals surface area contributed by atoms with Crippen molar-refractivity contribution in [3.63, 3.8) is 0 Å². The Labute approximate surface area is 132 Å². The minimum absolute atomic E-state index is 0.115. The van der Waals surface area contributed by atoms with Gasteiger partial charge in [0.15, 0.2) is 0 Å². The van der Waals surface area contributed by atoms with E-state index in [1.54, 1.807) is 13.1 Å². The highest BCUT2D eigenvalue weighted by molar-refractivity contribution is 5.14. The molecule has 120 valence electrons. The highest BCUT2D eigenvalue weighted by Gasteiger charge is 2.28. The van der Waals surface area contributed by atoms with E-state index in [0.29, 0.717) is 18.2 Å². The van der Waals surface area contributed by atoms with E-state index in [-0.39, 0.29) is 6.04 Å². The van der Waals surface area contributed by atoms with Crippen LogP contribution in [0.3, 0.4) is 0 Å². The molecule has 0 aromatic carbocycles. The molecule has 0 fully saturated rings. The van der Waals surface area contributed by atoms with E-state index in [2.05, 4.69) is 24.1 Å². The lowest BCUT2D eigenvalue weighted by atomic mass is 9.98. The van der Waals surface area contributed by atoms with Crippen LogP contribution in [0.15, 0.2) is 40.9 Å². The molecule has 0 saturated carbocycles. The van der Waals surface area contributed by atoms with Crippen molar-refractivity contribution < 1.29 is 9.52 Å². The van der Waals surface area contributed by atoms with Gasteiger partial charge in [0, 0.05) is 18.8 Å². The zero-order valence-electron chi connectivity index (χ0n) is 13.8. The van der Waals surface area contributed by atoms with Gasteiger partial charge in [-0.15, -0.1) is 0 Å². The van der Waals surface area contributed by atoms with Crippen molar-refractivity contribution in [3.8, 4) is 0 Å². The van der Waals surface area contributed by atoms with Crippen LogP contribution in [0.5, 0.6) is 0 Å². The van der Waals surface area contributed by atoms with Gasteiger partial charge < -0.3 is 14.8 Å². The van der Waals surface area contributed by atoms with Crippen molar-refractivity contribution in [2.24, 2.45) is 5.92 Å². The number of aliphatic hydroxyl groups is 1. The van der Waals surface area contributed by atoms with Crippen LogP contribution in [-0.2, 0) is 5.60 Å². The molecule has 2 rings (SSSR count). The molecule has 0 spiro atoms. The fourth-order valence-electron chi connectivity index (χ4n) is 2.50. The van der Waals surface area contributed by atoms with Gasteiger partial charge in [0.1, 0.15) is 17.1 Å². The van der Waals surface area contributed by atoms with Crippen molar-refractivity contribution in [1.29, 1.82) is 0 Å². The summed E-state index contributed by atoms with van der Waals surface area (Å²) in [6.07, 6.45) is 2.77. The van der Waals surface area contributed by atoms with E-state index in [9.17, 15) is 5.11 Å². The van der Waals surface area contributed by atoms with Gasteiger partial charge in [-0.1, -0.05) is 19.9 Å². The molecule has 4 heteroatoms. The molecule has 2 unspecified atom stereocenters. The van der Waals surface area contributed by atoms with Crippen LogP contribution in [0.4, 0.5) is 0 Å². The van der Waals surface area contributed by atoms with Crippen molar-refractivity contribution in [3.05, 3.63) is 53.7 Å². The molecule has 2 aromatic rings. The molecular weight excluding hydrogens is 276 g/mol. The molecule has 0 amide bonds. The van der Waals surface area contributed by atoms with E-state index < -0.39 is 5.60 Å². The van der Waals surface area contributed by atoms with Gasteiger partial charge in [-0.3, -0.25) is 4.98 Å². The minimum atomic E-state index is -1.04. The minimum Gasteiger partial charge on any atom is -0.463 e. The average molecular weight is 302 g/mol. The van der Waals surface area contributed by atoms with Crippen LogP contribution in [-0.4, -0.2) is 16.6 Å². The van der Waals surface area contributed by atoms with Gasteiger partial charge in [-0.05, 0) is 50.5 Å². The largest absolute Gasteiger partial charge is 0.463 e. The quantitative estimate of drug-likeness (QED) is 0.821. The maximum atomic E-state index is 10.7. The number of aryl methyl sites for hydroxylation is 1. The van der Waals surface area contributed by atoms with E-state index in [1.807, 2.05) is 37.3 Å². The van der Waals surface area contributed by atoms with Crippen LogP contribution in [0, 0.1) is 12.8 Å². The second-order valence-electron chi connectivity index (χ2n) is 6.50. The normalized spacial score (nSPS) is 15.7. The summed E-state index contributed by atoms with van der Waals surface area (Å²) in [7, 11) is 0. The summed E-state index contributed by atoms with van der Waals surface area (Å²) in [5, 5.41) is 14.1. The number of nitrogens with one attached hydrogen (secondary N) is 1. The van der Waals surface area contributed by atoms with Crippen molar-refractivity contribution >= 4 is 0 Å². The van der Waals surface area contributed by atoms with Crippen LogP contribution in [0.2, 0.25) is 0 Å². The van der Waals surface area contributed by atoms with Crippen molar-refractivity contribution in [2.45, 2.75) is 45.8 Å². The van der Waals surface area contributed by atoms with Crippen LogP contribution in [0.25, 0.3) is 0 Å². The average Bonchev–Trinajstić information content (AvgIpc) is 2.91. The number of aromatic nitrogens is 1. The monoisotopic (exact) mass is 302 g/mol. The van der Waals surface area contributed by atoms with E-state index in [4.69, 9.17) is 4.42 Å². The summed E-state index contributed by atoms with van der Waals surface area (Å²) < 4.78 is 5.56. The molecule has 0 saturated heterocycles. The van der Waals surface area contributed by atoms with E-state index >= 15 is 0 Å². The molecule has 2 aromatic heterocycles. The SMILES string of the molecule is Cc1ccc(C(C)(O)CNC(CC(C)C)c2ccccn2)o1. The van der Waals surface area contributed by atoms with Crippen LogP contribution < -0.4 is 5.32 Å². The fourth-order valence-corrected chi connectivity index (χ4v) is 2.50. The number of rotatable bonds is 7. The number of pyridine rings is 1. The summed E-state index contributed by atoms with van der Waals surface area (Å²) >= 11 is 0. The Hall–Kier alpha value is -1.65. The van der Waals surface area contributed by atoms with E-state index in [0.717, 1.165) is 17.9 Å². The van der Waals surface area contributed by atoms with Gasteiger partial charge in [0.25, 0.3) is 0 Å². The molecule has 0 aliphatic carbocycles. The van der Waals surface area contributed by atoms with Gasteiger partial charge >= 0.3 is 0 Å². The highest BCUT2D eigenvalue weighted by atomic mass is 16.4. The Morgan fingerprint density at radius 2 is 2.05 bits per heavy atom. The number of hydrogen-bond acceptors (Lipinski definition) is 4. The molecule has 2 atom stereocenters. The first kappa shape index (κ1) is 16.7. The molecule has 4 nitrogen and oxygen atoms in total. The summed E-state index contributed by atoms with van der Waals surface area (Å²) in [5.41, 5.74) is -0.0410. The number of hydrogen-bond donors (Lipinski definition) is 2. The second-order valence-corrected chi connectivity index (χ2v) is 6.50. The lowest BCUT2D eigenvalue weighted by Crippen LogP contribution is -2.37. The standard InChI is InChI=1S/C18H26N2O2/c1-13(2)11-16(15-7-5-6-10-19-15)20-12-18(4,21)17-9-8-14(3)22-17/h5-10,13,16,20-21H,11-12H2,1-4H3. The Morgan fingerprint density at radius 3 is 2.59 bits per heavy atom. The van der Waals surface area contributed by atoms with Crippen LogP contribution >= 0.6 is 0 Å². The van der Waals surface area contributed by atoms with Crippen LogP contribution in [0.1, 0.15) is 50.4 Å². The number of furan rings is 1. The summed E-state index contributed by atoms with van der Waals surface area (Å²) in [4.78, 5) is 4.44. The van der Waals surface area contributed by atoms with Crippen molar-refractivity contribution in [2.75, 3.05) is 6.54 Å². The van der Waals surface area contributed by atoms with Gasteiger partial charge in [0.2, 0.25) is 0 Å². The molecule has 2 heterocycles. The summed E-state index contributed by atoms with van der Waals surface area (Å²) in [6, 6.07) is 9.74. The molecule has 0 bridgehead atoms. The van der Waals surface area contributed by atoms with E-state index in [1.165, 1.54) is 0 Å². The first-order valence-corrected chi connectivity index (χ1v) is 7.82. The first-order valence-electron chi connectivity index (χ1n) is 7.82. The first-order chi connectivity index (χ1) is 10.4.